The van der Waals surface area contributed by atoms with E-state index >= 15 is 0 Å². The number of hydrogen-bond acceptors (Lipinski definition) is 2. The van der Waals surface area contributed by atoms with Gasteiger partial charge in [-0.15, -0.1) is 0 Å². The number of fused-ring (bicyclic) bond motifs is 1. The van der Waals surface area contributed by atoms with Crippen LogP contribution in [0.25, 0.3) is 10.8 Å². The molecule has 0 aliphatic carbocycles. The Balaban J connectivity index is 2.43. The molecule has 3 nitrogen and oxygen atoms in total. The van der Waals surface area contributed by atoms with Crippen molar-refractivity contribution in [2.45, 2.75) is 0 Å². The smallest absolute Gasteiger partial charge is 0.341 e. The summed E-state index contributed by atoms with van der Waals surface area (Å²) in [6, 6.07) is 10.9. The highest BCUT2D eigenvalue weighted by molar-refractivity contribution is 6.31. The van der Waals surface area contributed by atoms with Crippen molar-refractivity contribution in [1.29, 1.82) is 0 Å². The molecule has 16 heavy (non-hydrogen) atoms. The lowest BCUT2D eigenvalue weighted by atomic mass is 10.1. The van der Waals surface area contributed by atoms with Gasteiger partial charge in [0.05, 0.1) is 0 Å². The van der Waals surface area contributed by atoms with E-state index < -0.39 is 5.97 Å². The standard InChI is InChI=1S/C12H9ClO3/c13-9-5-4-8-2-1-3-11(10(8)6-9)16-7-12(14)15/h1-6H,7H2,(H,14,15). The first-order chi connectivity index (χ1) is 7.66. The lowest BCUT2D eigenvalue weighted by Gasteiger charge is -2.07. The van der Waals surface area contributed by atoms with E-state index in [9.17, 15) is 4.79 Å². The number of aliphatic carboxylic acids is 1. The molecule has 0 amide bonds. The second-order valence-corrected chi connectivity index (χ2v) is 3.74. The Kier molecular flexibility index (Phi) is 2.97. The average Bonchev–Trinajstić information content (AvgIpc) is 2.26. The molecule has 4 heteroatoms. The van der Waals surface area contributed by atoms with Crippen LogP contribution in [0.15, 0.2) is 36.4 Å². The van der Waals surface area contributed by atoms with E-state index in [0.29, 0.717) is 10.8 Å². The fraction of sp³-hybridized carbons (Fsp3) is 0.0833. The van der Waals surface area contributed by atoms with Crippen molar-refractivity contribution in [2.24, 2.45) is 0 Å². The van der Waals surface area contributed by atoms with Crippen LogP contribution in [0, 0.1) is 0 Å². The molecule has 2 aromatic carbocycles. The molecule has 0 radical (unpaired) electrons. The van der Waals surface area contributed by atoms with Gasteiger partial charge in [-0.25, -0.2) is 4.79 Å². The maximum Gasteiger partial charge on any atom is 0.341 e. The largest absolute Gasteiger partial charge is 0.481 e. The van der Waals surface area contributed by atoms with Gasteiger partial charge in [0.2, 0.25) is 0 Å². The van der Waals surface area contributed by atoms with Crippen LogP contribution in [-0.4, -0.2) is 17.7 Å². The molecule has 2 aromatic rings. The summed E-state index contributed by atoms with van der Waals surface area (Å²) < 4.78 is 5.18. The second kappa shape index (κ2) is 4.41. The van der Waals surface area contributed by atoms with Crippen molar-refractivity contribution in [3.8, 4) is 5.75 Å². The predicted molar refractivity (Wildman–Crippen MR) is 62.1 cm³/mol. The van der Waals surface area contributed by atoms with E-state index in [1.165, 1.54) is 0 Å². The summed E-state index contributed by atoms with van der Waals surface area (Å²) in [5.41, 5.74) is 0. The van der Waals surface area contributed by atoms with Gasteiger partial charge in [0.25, 0.3) is 0 Å². The van der Waals surface area contributed by atoms with Gasteiger partial charge in [-0.05, 0) is 23.6 Å². The molecular weight excluding hydrogens is 228 g/mol. The quantitative estimate of drug-likeness (QED) is 0.891. The third-order valence-corrected chi connectivity index (χ3v) is 2.39. The molecule has 1 N–H and O–H groups in total. The summed E-state index contributed by atoms with van der Waals surface area (Å²) in [5.74, 6) is -0.471. The lowest BCUT2D eigenvalue weighted by molar-refractivity contribution is -0.139. The predicted octanol–water partition coefficient (Wildman–Crippen LogP) is 2.96. The molecule has 2 rings (SSSR count). The zero-order chi connectivity index (χ0) is 11.5. The molecule has 0 aliphatic heterocycles. The van der Waals surface area contributed by atoms with E-state index in [-0.39, 0.29) is 6.61 Å². The van der Waals surface area contributed by atoms with Crippen LogP contribution < -0.4 is 4.74 Å². The third kappa shape index (κ3) is 2.25. The van der Waals surface area contributed by atoms with Crippen LogP contribution in [0.2, 0.25) is 5.02 Å². The molecule has 0 heterocycles. The maximum atomic E-state index is 10.4. The molecule has 0 aromatic heterocycles. The van der Waals surface area contributed by atoms with Crippen molar-refractivity contribution in [2.75, 3.05) is 6.61 Å². The highest BCUT2D eigenvalue weighted by Crippen LogP contribution is 2.28. The molecule has 0 atom stereocenters. The fourth-order valence-electron chi connectivity index (χ4n) is 1.48. The zero-order valence-electron chi connectivity index (χ0n) is 8.31. The maximum absolute atomic E-state index is 10.4. The lowest BCUT2D eigenvalue weighted by Crippen LogP contribution is -2.09. The monoisotopic (exact) mass is 236 g/mol. The number of hydrogen-bond donors (Lipinski definition) is 1. The Morgan fingerprint density at radius 2 is 2.12 bits per heavy atom. The Bertz CT molecular complexity index is 537. The first kappa shape index (κ1) is 10.8. The number of carboxylic acid groups (broad SMARTS) is 1. The molecule has 0 unspecified atom stereocenters. The van der Waals surface area contributed by atoms with Gasteiger partial charge in [-0.2, -0.15) is 0 Å². The molecule has 0 fully saturated rings. The topological polar surface area (TPSA) is 46.5 Å². The minimum atomic E-state index is -1.00. The van der Waals surface area contributed by atoms with Crippen LogP contribution in [0.1, 0.15) is 0 Å². The zero-order valence-corrected chi connectivity index (χ0v) is 9.07. The first-order valence-electron chi connectivity index (χ1n) is 4.70. The Labute approximate surface area is 97.2 Å². The highest BCUT2D eigenvalue weighted by Gasteiger charge is 2.04. The normalized spacial score (nSPS) is 10.3. The van der Waals surface area contributed by atoms with Crippen molar-refractivity contribution in [3.05, 3.63) is 41.4 Å². The molecule has 0 aliphatic rings. The van der Waals surface area contributed by atoms with Crippen LogP contribution in [0.4, 0.5) is 0 Å². The summed E-state index contributed by atoms with van der Waals surface area (Å²) >= 11 is 5.88. The summed E-state index contributed by atoms with van der Waals surface area (Å²) in [6.45, 7) is -0.356. The van der Waals surface area contributed by atoms with Crippen molar-refractivity contribution in [3.63, 3.8) is 0 Å². The van der Waals surface area contributed by atoms with Gasteiger partial charge in [-0.1, -0.05) is 29.8 Å². The van der Waals surface area contributed by atoms with Gasteiger partial charge in [0.1, 0.15) is 5.75 Å². The molecule has 0 spiro atoms. The van der Waals surface area contributed by atoms with Crippen LogP contribution in [0.3, 0.4) is 0 Å². The van der Waals surface area contributed by atoms with Crippen molar-refractivity contribution in [1.82, 2.24) is 0 Å². The summed E-state index contributed by atoms with van der Waals surface area (Å²) in [4.78, 5) is 10.4. The highest BCUT2D eigenvalue weighted by atomic mass is 35.5. The van der Waals surface area contributed by atoms with Gasteiger partial charge < -0.3 is 9.84 Å². The van der Waals surface area contributed by atoms with Crippen LogP contribution in [0.5, 0.6) is 5.75 Å². The second-order valence-electron chi connectivity index (χ2n) is 3.30. The minimum absolute atomic E-state index is 0.356. The van der Waals surface area contributed by atoms with Crippen LogP contribution in [-0.2, 0) is 4.79 Å². The summed E-state index contributed by atoms with van der Waals surface area (Å²) in [7, 11) is 0. The van der Waals surface area contributed by atoms with E-state index in [2.05, 4.69) is 0 Å². The van der Waals surface area contributed by atoms with Crippen molar-refractivity contribution < 1.29 is 14.6 Å². The summed E-state index contributed by atoms with van der Waals surface area (Å²) in [5, 5.41) is 10.9. The van der Waals surface area contributed by atoms with Crippen molar-refractivity contribution >= 4 is 28.3 Å². The number of carboxylic acids is 1. The molecule has 0 saturated carbocycles. The average molecular weight is 237 g/mol. The Morgan fingerprint density at radius 3 is 2.88 bits per heavy atom. The first-order valence-corrected chi connectivity index (χ1v) is 5.07. The Hall–Kier alpha value is -1.74. The number of carbonyl (C=O) groups is 1. The number of ether oxygens (including phenoxy) is 1. The SMILES string of the molecule is O=C(O)COc1cccc2ccc(Cl)cc12. The minimum Gasteiger partial charge on any atom is -0.481 e. The molecule has 82 valence electrons. The number of rotatable bonds is 3. The van der Waals surface area contributed by atoms with Gasteiger partial charge in [-0.3, -0.25) is 0 Å². The fourth-order valence-corrected chi connectivity index (χ4v) is 1.65. The third-order valence-electron chi connectivity index (χ3n) is 2.16. The molecule has 0 saturated heterocycles. The summed E-state index contributed by atoms with van der Waals surface area (Å²) in [6.07, 6.45) is 0. The van der Waals surface area contributed by atoms with E-state index in [0.717, 1.165) is 10.8 Å². The van der Waals surface area contributed by atoms with Gasteiger partial charge in [0, 0.05) is 10.4 Å². The van der Waals surface area contributed by atoms with Gasteiger partial charge >= 0.3 is 5.97 Å². The molecule has 0 bridgehead atoms. The van der Waals surface area contributed by atoms with Gasteiger partial charge in [0.15, 0.2) is 6.61 Å². The van der Waals surface area contributed by atoms with E-state index in [1.54, 1.807) is 18.2 Å². The van der Waals surface area contributed by atoms with E-state index in [1.807, 2.05) is 18.2 Å². The Morgan fingerprint density at radius 1 is 1.31 bits per heavy atom. The number of halogens is 1. The van der Waals surface area contributed by atoms with Crippen LogP contribution >= 0.6 is 11.6 Å². The number of benzene rings is 2. The van der Waals surface area contributed by atoms with E-state index in [4.69, 9.17) is 21.4 Å². The molecular formula is C12H9ClO3.